The van der Waals surface area contributed by atoms with Crippen LogP contribution in [0.3, 0.4) is 0 Å². The highest BCUT2D eigenvalue weighted by Crippen LogP contribution is 2.63. The minimum absolute atomic E-state index is 0.313. The maximum atomic E-state index is 7.09. The van der Waals surface area contributed by atoms with Gasteiger partial charge in [0.05, 0.1) is 12.0 Å². The molecular weight excluding hydrogens is 931 g/mol. The third-order valence-electron chi connectivity index (χ3n) is 16.1. The summed E-state index contributed by atoms with van der Waals surface area (Å²) < 4.78 is 19.2. The van der Waals surface area contributed by atoms with Gasteiger partial charge in [0.15, 0.2) is 5.84 Å². The van der Waals surface area contributed by atoms with Crippen molar-refractivity contribution in [1.29, 1.82) is 0 Å². The average Bonchev–Trinajstić information content (AvgIpc) is 4.37. The number of rotatable bonds is 6. The van der Waals surface area contributed by atoms with Crippen molar-refractivity contribution in [3.05, 3.63) is 276 Å². The van der Waals surface area contributed by atoms with E-state index < -0.39 is 0 Å². The highest BCUT2D eigenvalue weighted by molar-refractivity contribution is 6.24. The van der Waals surface area contributed by atoms with Gasteiger partial charge in [-0.05, 0) is 121 Å². The molecule has 11 aromatic carbocycles. The second-order valence-corrected chi connectivity index (χ2v) is 20.0. The van der Waals surface area contributed by atoms with Gasteiger partial charge in [0.1, 0.15) is 39.3 Å². The first-order chi connectivity index (χ1) is 37.6. The Kier molecular flexibility index (Phi) is 9.07. The van der Waals surface area contributed by atoms with Crippen LogP contribution in [0.25, 0.3) is 110 Å². The molecule has 0 bridgehead atoms. The molecule has 6 heteroatoms. The lowest BCUT2D eigenvalue weighted by Gasteiger charge is -2.30. The second kappa shape index (κ2) is 16.2. The van der Waals surface area contributed by atoms with Crippen LogP contribution in [0, 0.1) is 0 Å². The van der Waals surface area contributed by atoms with Crippen molar-refractivity contribution in [3.63, 3.8) is 0 Å². The van der Waals surface area contributed by atoms with Crippen LogP contribution >= 0.6 is 0 Å². The van der Waals surface area contributed by atoms with Gasteiger partial charge in [0, 0.05) is 43.4 Å². The Morgan fingerprint density at radius 2 is 0.803 bits per heavy atom. The number of nitrogens with zero attached hydrogens (tertiary/aromatic N) is 2. The number of benzene rings is 11. The molecule has 2 aliphatic rings. The Labute approximate surface area is 436 Å². The number of aliphatic imine (C=N–C) groups is 2. The molecule has 0 saturated carbocycles. The lowest BCUT2D eigenvalue weighted by Crippen LogP contribution is -2.25. The number of furan rings is 3. The van der Waals surface area contributed by atoms with Crippen molar-refractivity contribution in [2.45, 2.75) is 12.0 Å². The molecule has 0 radical (unpaired) electrons. The Hall–Kier alpha value is -10.0. The van der Waals surface area contributed by atoms with E-state index in [1.54, 1.807) is 0 Å². The maximum Gasteiger partial charge on any atom is 0.158 e. The number of amidine groups is 2. The quantitative estimate of drug-likeness (QED) is 0.133. The van der Waals surface area contributed by atoms with Crippen LogP contribution in [0.2, 0.25) is 0 Å². The van der Waals surface area contributed by atoms with E-state index in [4.69, 9.17) is 29.0 Å². The summed E-state index contributed by atoms with van der Waals surface area (Å²) in [5.41, 5.74) is 29.2. The largest absolute Gasteiger partial charge is 0.456 e. The van der Waals surface area contributed by atoms with E-state index in [0.29, 0.717) is 18.2 Å². The summed E-state index contributed by atoms with van der Waals surface area (Å²) in [6, 6.07) is 83.6. The van der Waals surface area contributed by atoms with Gasteiger partial charge in [-0.1, -0.05) is 188 Å². The maximum absolute atomic E-state index is 7.09. The van der Waals surface area contributed by atoms with Gasteiger partial charge < -0.3 is 19.0 Å². The first-order valence-electron chi connectivity index (χ1n) is 25.8. The molecule has 356 valence electrons. The predicted molar refractivity (Wildman–Crippen MR) is 309 cm³/mol. The smallest absolute Gasteiger partial charge is 0.158 e. The van der Waals surface area contributed by atoms with Gasteiger partial charge in [-0.15, -0.1) is 0 Å². The lowest BCUT2D eigenvalue weighted by atomic mass is 9.70. The van der Waals surface area contributed by atoms with Crippen molar-refractivity contribution >= 4 is 77.5 Å². The van der Waals surface area contributed by atoms with Crippen LogP contribution in [0.5, 0.6) is 0 Å². The van der Waals surface area contributed by atoms with Gasteiger partial charge in [-0.25, -0.2) is 4.99 Å². The number of hydrogen-bond acceptors (Lipinski definition) is 4. The number of fused-ring (bicyclic) bond motifs is 19. The summed E-state index contributed by atoms with van der Waals surface area (Å²) in [5.74, 6) is 0.825. The Morgan fingerprint density at radius 1 is 0.355 bits per heavy atom. The first kappa shape index (κ1) is 42.5. The predicted octanol–water partition coefficient (Wildman–Crippen LogP) is 17.4. The zero-order valence-electron chi connectivity index (χ0n) is 40.9. The van der Waals surface area contributed by atoms with Crippen LogP contribution in [0.1, 0.15) is 38.9 Å². The van der Waals surface area contributed by atoms with Crippen LogP contribution in [0.15, 0.2) is 260 Å². The highest BCUT2D eigenvalue weighted by atomic mass is 16.3. The van der Waals surface area contributed by atoms with Gasteiger partial charge in [0.2, 0.25) is 0 Å². The van der Waals surface area contributed by atoms with Crippen molar-refractivity contribution in [1.82, 2.24) is 0 Å². The van der Waals surface area contributed by atoms with Crippen LogP contribution in [0.4, 0.5) is 0 Å². The molecule has 0 fully saturated rings. The molecule has 3 heterocycles. The van der Waals surface area contributed by atoms with Gasteiger partial charge >= 0.3 is 0 Å². The Balaban J connectivity index is 0.776. The molecule has 6 nitrogen and oxygen atoms in total. The summed E-state index contributed by atoms with van der Waals surface area (Å²) in [6.45, 7) is 0.313. The SMILES string of the molecule is NC(=NC(=NCc1cccc2oc3ccc(-c4ccc(-c5ccc6c(c5)-c5ccccc5C65c6ccccc6-c6ccccc65)cc4)cc3c12)c1cccc2oc3ccccc3c12)c1cccc2oc3ccccc3c12. The Bertz CT molecular complexity index is 4770. The van der Waals surface area contributed by atoms with Crippen molar-refractivity contribution in [2.75, 3.05) is 0 Å². The second-order valence-electron chi connectivity index (χ2n) is 20.0. The molecule has 14 aromatic rings. The molecular formula is C70H43N3O3. The molecule has 0 atom stereocenters. The van der Waals surface area contributed by atoms with Gasteiger partial charge in [0.25, 0.3) is 0 Å². The summed E-state index contributed by atoms with van der Waals surface area (Å²) in [5, 5.41) is 5.84. The summed E-state index contributed by atoms with van der Waals surface area (Å²) in [7, 11) is 0. The topological polar surface area (TPSA) is 90.2 Å². The fraction of sp³-hybridized carbons (Fsp3) is 0.0286. The minimum Gasteiger partial charge on any atom is -0.456 e. The summed E-state index contributed by atoms with van der Waals surface area (Å²) >= 11 is 0. The van der Waals surface area contributed by atoms with Crippen LogP contribution in [-0.2, 0) is 12.0 Å². The number of hydrogen-bond donors (Lipinski definition) is 1. The summed E-state index contributed by atoms with van der Waals surface area (Å²) in [4.78, 5) is 10.6. The normalized spacial score (nSPS) is 13.6. The molecule has 0 unspecified atom stereocenters. The third kappa shape index (κ3) is 6.09. The molecule has 16 rings (SSSR count). The number of para-hydroxylation sites is 2. The zero-order chi connectivity index (χ0) is 50.1. The standard InChI is InChI=1S/C70H43N3O3/c71-68(51-20-12-28-63-66(51)49-18-4-9-25-59(49)74-63)73-69(52-21-13-29-64-67(52)50-19-5-10-26-60(50)75-64)72-40-45-14-11-27-62-65(45)54-39-44(35-37-61(54)76-62)42-32-30-41(31-33-42)43-34-36-58-53(38-43)48-17-3-8-24-57(48)70(58)55-22-6-1-15-46(55)47-16-2-7-23-56(47)70/h1-39H,40H2,(H2,71,72,73). The number of nitrogens with two attached hydrogens (primary N) is 1. The molecule has 2 N–H and O–H groups in total. The molecule has 3 aromatic heterocycles. The van der Waals surface area contributed by atoms with Crippen molar-refractivity contribution in [2.24, 2.45) is 15.7 Å². The lowest BCUT2D eigenvalue weighted by molar-refractivity contribution is 0.668. The van der Waals surface area contributed by atoms with Gasteiger partial charge in [-0.3, -0.25) is 4.99 Å². The minimum atomic E-state index is -0.356. The first-order valence-corrected chi connectivity index (χ1v) is 25.8. The van der Waals surface area contributed by atoms with E-state index in [9.17, 15) is 0 Å². The molecule has 1 spiro atoms. The molecule has 0 aliphatic heterocycles. The van der Waals surface area contributed by atoms with E-state index in [1.807, 2.05) is 84.9 Å². The fourth-order valence-electron chi connectivity index (χ4n) is 12.8. The average molecular weight is 974 g/mol. The van der Waals surface area contributed by atoms with E-state index in [2.05, 4.69) is 152 Å². The molecule has 0 amide bonds. The van der Waals surface area contributed by atoms with E-state index in [0.717, 1.165) is 93.6 Å². The van der Waals surface area contributed by atoms with E-state index >= 15 is 0 Å². The fourth-order valence-corrected chi connectivity index (χ4v) is 12.8. The highest BCUT2D eigenvalue weighted by Gasteiger charge is 2.51. The van der Waals surface area contributed by atoms with E-state index in [-0.39, 0.29) is 5.41 Å². The van der Waals surface area contributed by atoms with Crippen molar-refractivity contribution < 1.29 is 13.3 Å². The van der Waals surface area contributed by atoms with Crippen LogP contribution in [-0.4, -0.2) is 11.7 Å². The zero-order valence-corrected chi connectivity index (χ0v) is 40.9. The van der Waals surface area contributed by atoms with Crippen molar-refractivity contribution in [3.8, 4) is 44.5 Å². The van der Waals surface area contributed by atoms with Crippen LogP contribution < -0.4 is 5.73 Å². The monoisotopic (exact) mass is 973 g/mol. The molecule has 0 saturated heterocycles. The molecule has 2 aliphatic carbocycles. The van der Waals surface area contributed by atoms with Gasteiger partial charge in [-0.2, -0.15) is 0 Å². The van der Waals surface area contributed by atoms with E-state index in [1.165, 1.54) is 55.6 Å². The Morgan fingerprint density at radius 3 is 1.43 bits per heavy atom. The molecule has 76 heavy (non-hydrogen) atoms. The summed E-state index contributed by atoms with van der Waals surface area (Å²) in [6.07, 6.45) is 0. The third-order valence-corrected chi connectivity index (χ3v) is 16.1.